The summed E-state index contributed by atoms with van der Waals surface area (Å²) in [5.74, 6) is 0. The summed E-state index contributed by atoms with van der Waals surface area (Å²) in [5, 5.41) is 9.18. The van der Waals surface area contributed by atoms with E-state index in [9.17, 15) is 14.4 Å². The van der Waals surface area contributed by atoms with Crippen LogP contribution in [0.25, 0.3) is 10.2 Å². The number of hydrogen-bond donors (Lipinski definition) is 3. The lowest BCUT2D eigenvalue weighted by Crippen LogP contribution is -2.42. The largest absolute Gasteiger partial charge is 0.464 e. The fourth-order valence-electron chi connectivity index (χ4n) is 2.80. The Balaban J connectivity index is 2.65. The molecule has 2 rings (SSSR count). The molecular weight excluding hydrogens is 372 g/mol. The Hall–Kier alpha value is -2.17. The maximum atomic E-state index is 13.1. The number of ether oxygens (including phenoxy) is 1. The highest BCUT2D eigenvalue weighted by atomic mass is 32.1. The molecule has 1 amide bonds. The van der Waals surface area contributed by atoms with E-state index in [1.54, 1.807) is 11.7 Å². The standard InChI is InChI=1S/C17H26N4O5S/c1-10-11(8-18-19-15(23)24)27-14-12(10)13(22)21(9-17(2,3)4)16(25)20(14)6-7-26-5/h18-19H,6-9H2,1-5H3,(H,23,24). The smallest absolute Gasteiger partial charge is 0.419 e. The van der Waals surface area contributed by atoms with Crippen molar-refractivity contribution in [3.63, 3.8) is 0 Å². The van der Waals surface area contributed by atoms with E-state index in [0.717, 1.165) is 10.4 Å². The third-order valence-corrected chi connectivity index (χ3v) is 5.30. The molecule has 9 nitrogen and oxygen atoms in total. The average molecular weight is 398 g/mol. The first kappa shape index (κ1) is 21.1. The predicted molar refractivity (Wildman–Crippen MR) is 104 cm³/mol. The van der Waals surface area contributed by atoms with E-state index in [-0.39, 0.29) is 23.2 Å². The van der Waals surface area contributed by atoms with E-state index in [2.05, 4.69) is 10.9 Å². The third kappa shape index (κ3) is 4.76. The molecule has 0 radical (unpaired) electrons. The summed E-state index contributed by atoms with van der Waals surface area (Å²) >= 11 is 1.31. The molecule has 0 aliphatic rings. The highest BCUT2D eigenvalue weighted by Crippen LogP contribution is 2.28. The lowest BCUT2D eigenvalue weighted by atomic mass is 9.97. The van der Waals surface area contributed by atoms with Crippen molar-refractivity contribution < 1.29 is 14.6 Å². The normalized spacial score (nSPS) is 11.9. The van der Waals surface area contributed by atoms with Crippen molar-refractivity contribution in [1.29, 1.82) is 0 Å². The number of amides is 1. The molecule has 2 aromatic rings. The fourth-order valence-corrected chi connectivity index (χ4v) is 4.06. The van der Waals surface area contributed by atoms with Crippen LogP contribution >= 0.6 is 11.3 Å². The number of hydrazine groups is 1. The van der Waals surface area contributed by atoms with Crippen molar-refractivity contribution in [2.75, 3.05) is 13.7 Å². The molecule has 10 heteroatoms. The predicted octanol–water partition coefficient (Wildman–Crippen LogP) is 1.50. The molecule has 0 spiro atoms. The van der Waals surface area contributed by atoms with Gasteiger partial charge in [0.15, 0.2) is 0 Å². The zero-order valence-electron chi connectivity index (χ0n) is 16.2. The van der Waals surface area contributed by atoms with Gasteiger partial charge in [0.2, 0.25) is 0 Å². The Morgan fingerprint density at radius 1 is 1.26 bits per heavy atom. The van der Waals surface area contributed by atoms with Gasteiger partial charge < -0.3 is 9.84 Å². The van der Waals surface area contributed by atoms with Gasteiger partial charge in [-0.1, -0.05) is 20.8 Å². The molecule has 27 heavy (non-hydrogen) atoms. The molecule has 0 unspecified atom stereocenters. The molecule has 0 bridgehead atoms. The number of carbonyl (C=O) groups is 1. The van der Waals surface area contributed by atoms with E-state index < -0.39 is 6.09 Å². The summed E-state index contributed by atoms with van der Waals surface area (Å²) in [7, 11) is 1.56. The number of carboxylic acid groups (broad SMARTS) is 1. The Kier molecular flexibility index (Phi) is 6.45. The molecule has 2 heterocycles. The SMILES string of the molecule is COCCn1c(=O)n(CC(C)(C)C)c(=O)c2c(C)c(CNNC(=O)O)sc21. The van der Waals surface area contributed by atoms with E-state index in [0.29, 0.717) is 29.9 Å². The molecule has 3 N–H and O–H groups in total. The van der Waals surface area contributed by atoms with Crippen LogP contribution in [0.5, 0.6) is 0 Å². The number of fused-ring (bicyclic) bond motifs is 1. The molecule has 0 aliphatic carbocycles. The van der Waals surface area contributed by atoms with Crippen molar-refractivity contribution in [3.05, 3.63) is 31.3 Å². The molecule has 0 fully saturated rings. The number of methoxy groups -OCH3 is 1. The molecule has 0 aliphatic heterocycles. The molecule has 0 atom stereocenters. The van der Waals surface area contributed by atoms with Gasteiger partial charge >= 0.3 is 11.8 Å². The quantitative estimate of drug-likeness (QED) is 0.609. The molecule has 0 saturated carbocycles. The number of thiophene rings is 1. The van der Waals surface area contributed by atoms with Gasteiger partial charge in [0.05, 0.1) is 18.5 Å². The first-order valence-corrected chi connectivity index (χ1v) is 9.35. The van der Waals surface area contributed by atoms with Crippen molar-refractivity contribution >= 4 is 27.6 Å². The number of hydrogen-bond acceptors (Lipinski definition) is 6. The van der Waals surface area contributed by atoms with E-state index >= 15 is 0 Å². The number of nitrogens with one attached hydrogen (secondary N) is 2. The molecule has 0 saturated heterocycles. The third-order valence-electron chi connectivity index (χ3n) is 3.99. The van der Waals surface area contributed by atoms with E-state index in [1.165, 1.54) is 15.9 Å². The highest BCUT2D eigenvalue weighted by Gasteiger charge is 2.22. The van der Waals surface area contributed by atoms with Gasteiger partial charge in [0.25, 0.3) is 5.56 Å². The second-order valence-corrected chi connectivity index (χ2v) is 8.58. The highest BCUT2D eigenvalue weighted by molar-refractivity contribution is 7.18. The van der Waals surface area contributed by atoms with Gasteiger partial charge in [-0.05, 0) is 17.9 Å². The minimum Gasteiger partial charge on any atom is -0.464 e. The topological polar surface area (TPSA) is 115 Å². The van der Waals surface area contributed by atoms with Gasteiger partial charge in [-0.3, -0.25) is 19.4 Å². The zero-order chi connectivity index (χ0) is 20.4. The second kappa shape index (κ2) is 8.24. The van der Waals surface area contributed by atoms with Gasteiger partial charge in [-0.25, -0.2) is 15.0 Å². The summed E-state index contributed by atoms with van der Waals surface area (Å²) < 4.78 is 7.97. The lowest BCUT2D eigenvalue weighted by Gasteiger charge is -2.20. The maximum absolute atomic E-state index is 13.1. The second-order valence-electron chi connectivity index (χ2n) is 7.49. The van der Waals surface area contributed by atoms with Crippen LogP contribution in [0.15, 0.2) is 9.59 Å². The molecule has 2 aromatic heterocycles. The van der Waals surface area contributed by atoms with Crippen molar-refractivity contribution in [1.82, 2.24) is 20.0 Å². The monoisotopic (exact) mass is 398 g/mol. The Morgan fingerprint density at radius 3 is 2.48 bits per heavy atom. The van der Waals surface area contributed by atoms with Crippen molar-refractivity contribution in [2.45, 2.75) is 47.3 Å². The van der Waals surface area contributed by atoms with Crippen LogP contribution in [0.1, 0.15) is 31.2 Å². The first-order valence-electron chi connectivity index (χ1n) is 8.53. The van der Waals surface area contributed by atoms with Gasteiger partial charge in [-0.2, -0.15) is 0 Å². The van der Waals surface area contributed by atoms with Gasteiger partial charge in [0.1, 0.15) is 4.83 Å². The zero-order valence-corrected chi connectivity index (χ0v) is 17.0. The summed E-state index contributed by atoms with van der Waals surface area (Å²) in [5.41, 5.74) is 4.51. The molecular formula is C17H26N4O5S. The minimum absolute atomic E-state index is 0.217. The van der Waals surface area contributed by atoms with Crippen molar-refractivity contribution in [2.24, 2.45) is 5.41 Å². The van der Waals surface area contributed by atoms with Gasteiger partial charge in [-0.15, -0.1) is 11.3 Å². The number of rotatable bonds is 7. The minimum atomic E-state index is -1.20. The summed E-state index contributed by atoms with van der Waals surface area (Å²) in [6.45, 7) is 8.91. The number of nitrogens with zero attached hydrogens (tertiary/aromatic N) is 2. The Labute approximate surface area is 160 Å². The van der Waals surface area contributed by atoms with Crippen LogP contribution in [-0.4, -0.2) is 34.1 Å². The maximum Gasteiger partial charge on any atom is 0.419 e. The van der Waals surface area contributed by atoms with Gasteiger partial charge in [0, 0.05) is 25.1 Å². The van der Waals surface area contributed by atoms with Crippen LogP contribution in [0.3, 0.4) is 0 Å². The van der Waals surface area contributed by atoms with Crippen LogP contribution in [0.4, 0.5) is 4.79 Å². The van der Waals surface area contributed by atoms with Crippen LogP contribution in [0, 0.1) is 12.3 Å². The Morgan fingerprint density at radius 2 is 1.93 bits per heavy atom. The lowest BCUT2D eigenvalue weighted by molar-refractivity contribution is 0.186. The summed E-state index contributed by atoms with van der Waals surface area (Å²) in [6, 6.07) is 0. The summed E-state index contributed by atoms with van der Waals surface area (Å²) in [4.78, 5) is 38.0. The number of aromatic nitrogens is 2. The fraction of sp³-hybridized carbons (Fsp3) is 0.588. The average Bonchev–Trinajstić information content (AvgIpc) is 2.87. The first-order chi connectivity index (χ1) is 12.6. The van der Waals surface area contributed by atoms with Crippen LogP contribution < -0.4 is 22.1 Å². The Bertz CT molecular complexity index is 951. The molecule has 0 aromatic carbocycles. The van der Waals surface area contributed by atoms with Crippen LogP contribution in [-0.2, 0) is 24.4 Å². The van der Waals surface area contributed by atoms with E-state index in [4.69, 9.17) is 9.84 Å². The van der Waals surface area contributed by atoms with Crippen LogP contribution in [0.2, 0.25) is 0 Å². The molecule has 150 valence electrons. The number of aryl methyl sites for hydroxylation is 1. The van der Waals surface area contributed by atoms with Crippen molar-refractivity contribution in [3.8, 4) is 0 Å². The van der Waals surface area contributed by atoms with E-state index in [1.807, 2.05) is 27.7 Å². The summed E-state index contributed by atoms with van der Waals surface area (Å²) in [6.07, 6.45) is -1.20.